The molecule has 2 aromatic rings. The minimum Gasteiger partial charge on any atom is -0.379 e. The third kappa shape index (κ3) is 5.44. The lowest BCUT2D eigenvalue weighted by Crippen LogP contribution is -2.15. The Morgan fingerprint density at radius 1 is 1.14 bits per heavy atom. The van der Waals surface area contributed by atoms with Gasteiger partial charge in [0.25, 0.3) is 0 Å². The van der Waals surface area contributed by atoms with Gasteiger partial charge < -0.3 is 10.1 Å². The molecule has 3 nitrogen and oxygen atoms in total. The molecule has 0 unspecified atom stereocenters. The van der Waals surface area contributed by atoms with Crippen LogP contribution < -0.4 is 5.32 Å². The summed E-state index contributed by atoms with van der Waals surface area (Å²) in [6, 6.07) is 10.7. The normalized spacial score (nSPS) is 11.4. The van der Waals surface area contributed by atoms with Crippen LogP contribution in [0, 0.1) is 6.92 Å². The number of nitrogens with one attached hydrogen (secondary N) is 1. The average Bonchev–Trinajstić information content (AvgIpc) is 2.46. The van der Waals surface area contributed by atoms with Gasteiger partial charge in [0.15, 0.2) is 0 Å². The van der Waals surface area contributed by atoms with Gasteiger partial charge in [-0.25, -0.2) is 0 Å². The van der Waals surface area contributed by atoms with E-state index < -0.39 is 0 Å². The first-order valence-electron chi connectivity index (χ1n) is 7.84. The van der Waals surface area contributed by atoms with Crippen LogP contribution in [0.5, 0.6) is 0 Å². The highest BCUT2D eigenvalue weighted by Crippen LogP contribution is 2.14. The average molecular weight is 286 g/mol. The minimum absolute atomic E-state index is 0.341. The summed E-state index contributed by atoms with van der Waals surface area (Å²) in [5.74, 6) is 0. The number of pyridine rings is 1. The molecule has 0 amide bonds. The van der Waals surface area contributed by atoms with E-state index in [2.05, 4.69) is 54.5 Å². The number of hydrogen-bond acceptors (Lipinski definition) is 3. The summed E-state index contributed by atoms with van der Waals surface area (Å²) < 4.78 is 5.53. The predicted molar refractivity (Wildman–Crippen MR) is 88.5 cm³/mol. The third-order valence-corrected chi connectivity index (χ3v) is 3.42. The van der Waals surface area contributed by atoms with E-state index in [1.54, 1.807) is 0 Å². The SMILES string of the molecule is Cc1ccc2cc(CNCCCCOC(C)C)ccc2n1. The van der Waals surface area contributed by atoms with Crippen LogP contribution in [-0.4, -0.2) is 24.2 Å². The molecular weight excluding hydrogens is 260 g/mol. The maximum absolute atomic E-state index is 5.53. The van der Waals surface area contributed by atoms with Gasteiger partial charge in [0, 0.05) is 24.2 Å². The molecule has 0 aliphatic heterocycles. The first kappa shape index (κ1) is 15.9. The Morgan fingerprint density at radius 3 is 2.81 bits per heavy atom. The highest BCUT2D eigenvalue weighted by atomic mass is 16.5. The molecule has 0 aliphatic rings. The zero-order valence-corrected chi connectivity index (χ0v) is 13.4. The second-order valence-electron chi connectivity index (χ2n) is 5.78. The molecule has 0 bridgehead atoms. The van der Waals surface area contributed by atoms with E-state index in [1.165, 1.54) is 10.9 Å². The van der Waals surface area contributed by atoms with Crippen molar-refractivity contribution in [1.29, 1.82) is 0 Å². The summed E-state index contributed by atoms with van der Waals surface area (Å²) in [5, 5.41) is 4.70. The van der Waals surface area contributed by atoms with Crippen LogP contribution >= 0.6 is 0 Å². The molecule has 0 spiro atoms. The summed E-state index contributed by atoms with van der Waals surface area (Å²) in [6.45, 7) is 8.99. The summed E-state index contributed by atoms with van der Waals surface area (Å²) in [7, 11) is 0. The molecule has 1 aromatic heterocycles. The number of fused-ring (bicyclic) bond motifs is 1. The Balaban J connectivity index is 1.72. The standard InChI is InChI=1S/C18H26N2O/c1-14(2)21-11-5-4-10-19-13-16-7-9-18-17(12-16)8-6-15(3)20-18/h6-9,12,14,19H,4-5,10-11,13H2,1-3H3. The largest absolute Gasteiger partial charge is 0.379 e. The molecule has 1 N–H and O–H groups in total. The lowest BCUT2D eigenvalue weighted by molar-refractivity contribution is 0.0760. The molecule has 1 aromatic carbocycles. The molecule has 0 atom stereocenters. The van der Waals surface area contributed by atoms with Crippen molar-refractivity contribution in [2.45, 2.75) is 46.3 Å². The van der Waals surface area contributed by atoms with Gasteiger partial charge in [-0.2, -0.15) is 0 Å². The van der Waals surface area contributed by atoms with E-state index in [-0.39, 0.29) is 0 Å². The van der Waals surface area contributed by atoms with Gasteiger partial charge in [0.1, 0.15) is 0 Å². The molecule has 114 valence electrons. The number of unbranched alkanes of at least 4 members (excludes halogenated alkanes) is 1. The zero-order chi connectivity index (χ0) is 15.1. The van der Waals surface area contributed by atoms with E-state index in [1.807, 2.05) is 6.92 Å². The van der Waals surface area contributed by atoms with Crippen molar-refractivity contribution in [2.24, 2.45) is 0 Å². The quantitative estimate of drug-likeness (QED) is 0.749. The number of hydrogen-bond donors (Lipinski definition) is 1. The van der Waals surface area contributed by atoms with Crippen LogP contribution in [0.3, 0.4) is 0 Å². The van der Waals surface area contributed by atoms with Crippen LogP contribution in [-0.2, 0) is 11.3 Å². The second-order valence-corrected chi connectivity index (χ2v) is 5.78. The number of benzene rings is 1. The van der Waals surface area contributed by atoms with Gasteiger partial charge in [0.05, 0.1) is 11.6 Å². The van der Waals surface area contributed by atoms with Crippen molar-refractivity contribution in [3.8, 4) is 0 Å². The summed E-state index contributed by atoms with van der Waals surface area (Å²) >= 11 is 0. The molecule has 2 rings (SSSR count). The minimum atomic E-state index is 0.341. The van der Waals surface area contributed by atoms with Gasteiger partial charge in [-0.1, -0.05) is 12.1 Å². The van der Waals surface area contributed by atoms with E-state index in [0.29, 0.717) is 6.10 Å². The smallest absolute Gasteiger partial charge is 0.0705 e. The van der Waals surface area contributed by atoms with Crippen molar-refractivity contribution >= 4 is 10.9 Å². The Hall–Kier alpha value is -1.45. The van der Waals surface area contributed by atoms with Crippen LogP contribution in [0.2, 0.25) is 0 Å². The molecule has 1 heterocycles. The molecule has 0 saturated carbocycles. The van der Waals surface area contributed by atoms with Crippen molar-refractivity contribution in [3.63, 3.8) is 0 Å². The van der Waals surface area contributed by atoms with E-state index >= 15 is 0 Å². The van der Waals surface area contributed by atoms with Crippen molar-refractivity contribution in [2.75, 3.05) is 13.2 Å². The fraction of sp³-hybridized carbons (Fsp3) is 0.500. The fourth-order valence-corrected chi connectivity index (χ4v) is 2.29. The Morgan fingerprint density at radius 2 is 2.00 bits per heavy atom. The van der Waals surface area contributed by atoms with E-state index in [0.717, 1.165) is 43.7 Å². The fourth-order valence-electron chi connectivity index (χ4n) is 2.29. The summed E-state index contributed by atoms with van der Waals surface area (Å²) in [6.07, 6.45) is 2.61. The Labute approximate surface area is 127 Å². The molecular formula is C18H26N2O. The second kappa shape index (κ2) is 8.11. The Bertz CT molecular complexity index is 566. The highest BCUT2D eigenvalue weighted by molar-refractivity contribution is 5.79. The van der Waals surface area contributed by atoms with Crippen LogP contribution in [0.4, 0.5) is 0 Å². The van der Waals surface area contributed by atoms with Crippen molar-refractivity contribution in [3.05, 3.63) is 41.6 Å². The molecule has 0 aliphatic carbocycles. The molecule has 3 heteroatoms. The highest BCUT2D eigenvalue weighted by Gasteiger charge is 1.99. The van der Waals surface area contributed by atoms with Gasteiger partial charge in [0.2, 0.25) is 0 Å². The topological polar surface area (TPSA) is 34.1 Å². The van der Waals surface area contributed by atoms with Crippen LogP contribution in [0.1, 0.15) is 37.9 Å². The van der Waals surface area contributed by atoms with E-state index in [9.17, 15) is 0 Å². The van der Waals surface area contributed by atoms with Crippen LogP contribution in [0.25, 0.3) is 10.9 Å². The Kier molecular flexibility index (Phi) is 6.15. The number of aromatic nitrogens is 1. The number of rotatable bonds is 8. The molecule has 21 heavy (non-hydrogen) atoms. The lowest BCUT2D eigenvalue weighted by atomic mass is 10.1. The first-order chi connectivity index (χ1) is 10.1. The number of aryl methyl sites for hydroxylation is 1. The van der Waals surface area contributed by atoms with Gasteiger partial charge in [-0.05, 0) is 63.9 Å². The van der Waals surface area contributed by atoms with Gasteiger partial charge >= 0.3 is 0 Å². The van der Waals surface area contributed by atoms with Crippen molar-refractivity contribution < 1.29 is 4.74 Å². The van der Waals surface area contributed by atoms with Gasteiger partial charge in [-0.3, -0.25) is 4.98 Å². The monoisotopic (exact) mass is 286 g/mol. The summed E-state index contributed by atoms with van der Waals surface area (Å²) in [4.78, 5) is 4.53. The first-order valence-corrected chi connectivity index (χ1v) is 7.84. The zero-order valence-electron chi connectivity index (χ0n) is 13.4. The third-order valence-electron chi connectivity index (χ3n) is 3.42. The van der Waals surface area contributed by atoms with E-state index in [4.69, 9.17) is 4.74 Å². The molecule has 0 fully saturated rings. The maximum Gasteiger partial charge on any atom is 0.0705 e. The molecule has 0 radical (unpaired) electrons. The van der Waals surface area contributed by atoms with Crippen molar-refractivity contribution in [1.82, 2.24) is 10.3 Å². The molecule has 0 saturated heterocycles. The summed E-state index contributed by atoms with van der Waals surface area (Å²) in [5.41, 5.74) is 3.45. The van der Waals surface area contributed by atoms with Crippen LogP contribution in [0.15, 0.2) is 30.3 Å². The van der Waals surface area contributed by atoms with Gasteiger partial charge in [-0.15, -0.1) is 0 Å². The predicted octanol–water partition coefficient (Wildman–Crippen LogP) is 3.84. The number of ether oxygens (including phenoxy) is 1. The number of nitrogens with zero attached hydrogens (tertiary/aromatic N) is 1. The maximum atomic E-state index is 5.53. The lowest BCUT2D eigenvalue weighted by Gasteiger charge is -2.08.